The number of imide groups is 2. The monoisotopic (exact) mass is 1160 g/mol. The van der Waals surface area contributed by atoms with Crippen LogP contribution in [0.3, 0.4) is 0 Å². The van der Waals surface area contributed by atoms with Gasteiger partial charge in [-0.15, -0.1) is 68.0 Å². The minimum absolute atomic E-state index is 0.269. The second-order valence-electron chi connectivity index (χ2n) is 21.3. The number of fused-ring (bicyclic) bond motifs is 2. The molecule has 11 aromatic rings. The van der Waals surface area contributed by atoms with E-state index in [-0.39, 0.29) is 30.2 Å². The summed E-state index contributed by atoms with van der Waals surface area (Å²) in [6.07, 6.45) is 12.0. The molecule has 4 amide bonds. The molecular formula is C67H60N2O5S6. The number of ether oxygens (including phenoxy) is 1. The van der Waals surface area contributed by atoms with Crippen molar-refractivity contribution >= 4 is 135 Å². The third-order valence-corrected chi connectivity index (χ3v) is 23.4. The summed E-state index contributed by atoms with van der Waals surface area (Å²) in [5.74, 6) is -1.13. The zero-order valence-corrected chi connectivity index (χ0v) is 50.3. The van der Waals surface area contributed by atoms with Crippen LogP contribution in [0.1, 0.15) is 136 Å². The first-order chi connectivity index (χ1) is 39.1. The van der Waals surface area contributed by atoms with Crippen molar-refractivity contribution < 1.29 is 23.9 Å². The van der Waals surface area contributed by atoms with E-state index in [0.29, 0.717) is 65.6 Å². The predicted molar refractivity (Wildman–Crippen MR) is 341 cm³/mol. The number of carbonyl (C=O) groups is 4. The van der Waals surface area contributed by atoms with Gasteiger partial charge in [-0.1, -0.05) is 77.3 Å². The van der Waals surface area contributed by atoms with E-state index >= 15 is 4.79 Å². The lowest BCUT2D eigenvalue weighted by atomic mass is 9.79. The maximum Gasteiger partial charge on any atom is 0.262 e. The van der Waals surface area contributed by atoms with Crippen LogP contribution in [-0.4, -0.2) is 59.7 Å². The van der Waals surface area contributed by atoms with E-state index in [1.165, 1.54) is 92.2 Å². The number of rotatable bonds is 22. The summed E-state index contributed by atoms with van der Waals surface area (Å²) in [5, 5.41) is 6.66. The number of benzene rings is 5. The van der Waals surface area contributed by atoms with E-state index in [9.17, 15) is 14.4 Å². The molecule has 0 saturated carbocycles. The van der Waals surface area contributed by atoms with E-state index in [4.69, 9.17) is 4.74 Å². The van der Waals surface area contributed by atoms with Gasteiger partial charge in [0.1, 0.15) is 0 Å². The Labute approximate surface area is 490 Å². The molecule has 2 aliphatic rings. The normalized spacial score (nSPS) is 13.6. The van der Waals surface area contributed by atoms with Crippen molar-refractivity contribution in [2.75, 3.05) is 26.3 Å². The molecule has 7 nitrogen and oxygen atoms in total. The van der Waals surface area contributed by atoms with Gasteiger partial charge in [-0.2, -0.15) is 0 Å². The molecule has 8 heterocycles. The van der Waals surface area contributed by atoms with Crippen molar-refractivity contribution in [3.8, 4) is 59.2 Å². The standard InChI is InChI=1S/C67H60N2O5S6/c1-5-7-9-10-11-12-13-14-34-74-35-15-33-68-64(70)42-19-17-40-44-37-45(63-62-46(66(72)69(67(63)73)32-8-6-2)36-38(3)58(61(44)62)41-18-20-43(65(68)71)60(42)59(40)41)47-22-23-50(76-47)51-26-27-54(78-51)55-30-31-57(80-55)56-29-28-53(79-56)52-25-24-49(77-52)48-21-16-39(4)75-48/h16-31,36-37H,5-15,32-35H2,1-4H3. The molecular weight excluding hydrogens is 1110 g/mol. The van der Waals surface area contributed by atoms with Crippen LogP contribution < -0.4 is 0 Å². The number of unbranched alkanes of at least 4 members (excludes halogenated alkanes) is 8. The van der Waals surface area contributed by atoms with Gasteiger partial charge in [0.15, 0.2) is 0 Å². The average molecular weight is 1170 g/mol. The average Bonchev–Trinajstić information content (AvgIpc) is 4.46. The van der Waals surface area contributed by atoms with Crippen LogP contribution in [-0.2, 0) is 4.74 Å². The molecule has 80 heavy (non-hydrogen) atoms. The van der Waals surface area contributed by atoms with Crippen LogP contribution in [0.15, 0.2) is 109 Å². The maximum absolute atomic E-state index is 15.1. The Hall–Kier alpha value is -6.16. The van der Waals surface area contributed by atoms with Crippen molar-refractivity contribution in [2.45, 2.75) is 98.3 Å². The van der Waals surface area contributed by atoms with Gasteiger partial charge in [-0.05, 0) is 168 Å². The summed E-state index contributed by atoms with van der Waals surface area (Å²) in [6, 6.07) is 38.4. The Kier molecular flexibility index (Phi) is 14.8. The zero-order valence-electron chi connectivity index (χ0n) is 45.4. The largest absolute Gasteiger partial charge is 0.381 e. The third kappa shape index (κ3) is 9.40. The quantitative estimate of drug-likeness (QED) is 0.0292. The molecule has 0 unspecified atom stereocenters. The van der Waals surface area contributed by atoms with Gasteiger partial charge in [-0.3, -0.25) is 29.0 Å². The van der Waals surface area contributed by atoms with Crippen LogP contribution >= 0.6 is 68.0 Å². The summed E-state index contributed by atoms with van der Waals surface area (Å²) in [6.45, 7) is 10.3. The van der Waals surface area contributed by atoms with Crippen molar-refractivity contribution in [1.82, 2.24) is 9.80 Å². The zero-order chi connectivity index (χ0) is 54.8. The molecule has 6 aromatic heterocycles. The van der Waals surface area contributed by atoms with Crippen molar-refractivity contribution in [3.63, 3.8) is 0 Å². The minimum Gasteiger partial charge on any atom is -0.381 e. The van der Waals surface area contributed by atoms with E-state index in [2.05, 4.69) is 99.6 Å². The molecule has 0 radical (unpaired) electrons. The Morgan fingerprint density at radius 2 is 0.800 bits per heavy atom. The molecule has 2 aliphatic heterocycles. The first-order valence-electron chi connectivity index (χ1n) is 28.2. The fourth-order valence-electron chi connectivity index (χ4n) is 12.0. The molecule has 0 aliphatic carbocycles. The van der Waals surface area contributed by atoms with Gasteiger partial charge < -0.3 is 4.74 Å². The SMILES string of the molecule is CCCCCCCCCCOCCCN1C(=O)c2ccc3c4cc(-c5ccc(-c6ccc(-c7ccc(-c8ccc(-c9ccc(-c%10ccc(C)s%10)s9)s8)s7)s6)s5)c5c6c(cc(C)c(c7ccc(c2c37)C1=O)c64)C(=O)N(CCCC)C5=O. The van der Waals surface area contributed by atoms with Crippen molar-refractivity contribution in [1.29, 1.82) is 0 Å². The highest BCUT2D eigenvalue weighted by molar-refractivity contribution is 7.30. The lowest BCUT2D eigenvalue weighted by Crippen LogP contribution is -2.41. The second kappa shape index (κ2) is 22.3. The molecule has 0 N–H and O–H groups in total. The molecule has 13 rings (SSSR count). The highest BCUT2D eigenvalue weighted by Crippen LogP contribution is 2.52. The van der Waals surface area contributed by atoms with E-state index in [0.717, 1.165) is 77.3 Å². The predicted octanol–water partition coefficient (Wildman–Crippen LogP) is 20.3. The molecule has 0 atom stereocenters. The van der Waals surface area contributed by atoms with E-state index in [1.807, 2.05) is 82.6 Å². The van der Waals surface area contributed by atoms with Gasteiger partial charge in [-0.25, -0.2) is 0 Å². The second-order valence-corrected chi connectivity index (χ2v) is 28.0. The van der Waals surface area contributed by atoms with Gasteiger partial charge >= 0.3 is 0 Å². The smallest absolute Gasteiger partial charge is 0.262 e. The van der Waals surface area contributed by atoms with Gasteiger partial charge in [0.05, 0.1) is 5.56 Å². The lowest BCUT2D eigenvalue weighted by Gasteiger charge is -2.31. The Morgan fingerprint density at radius 1 is 0.350 bits per heavy atom. The highest BCUT2D eigenvalue weighted by atomic mass is 32.1. The molecule has 5 aromatic carbocycles. The lowest BCUT2D eigenvalue weighted by molar-refractivity contribution is 0.0575. The van der Waals surface area contributed by atoms with Crippen molar-refractivity contribution in [3.05, 3.63) is 142 Å². The molecule has 13 heteroatoms. The number of thiophene rings is 6. The van der Waals surface area contributed by atoms with Crippen LogP contribution in [0.4, 0.5) is 0 Å². The Morgan fingerprint density at radius 3 is 1.35 bits per heavy atom. The molecule has 0 saturated heterocycles. The number of aryl methyl sites for hydroxylation is 2. The Balaban J connectivity index is 0.817. The number of carbonyl (C=O) groups excluding carboxylic acids is 4. The van der Waals surface area contributed by atoms with Gasteiger partial charge in [0.25, 0.3) is 23.6 Å². The minimum atomic E-state index is -0.293. The third-order valence-electron chi connectivity index (χ3n) is 16.0. The summed E-state index contributed by atoms with van der Waals surface area (Å²) in [4.78, 5) is 76.2. The molecule has 0 fully saturated rings. The van der Waals surface area contributed by atoms with Crippen LogP contribution in [0, 0.1) is 13.8 Å². The van der Waals surface area contributed by atoms with Gasteiger partial charge in [0, 0.05) is 118 Å². The van der Waals surface area contributed by atoms with Gasteiger partial charge in [0.2, 0.25) is 0 Å². The highest BCUT2D eigenvalue weighted by Gasteiger charge is 2.39. The van der Waals surface area contributed by atoms with Crippen LogP contribution in [0.25, 0.3) is 102 Å². The van der Waals surface area contributed by atoms with E-state index < -0.39 is 0 Å². The number of hydrogen-bond acceptors (Lipinski definition) is 11. The topological polar surface area (TPSA) is 84.0 Å². The first kappa shape index (κ1) is 53.2. The van der Waals surface area contributed by atoms with E-state index in [1.54, 1.807) is 22.7 Å². The number of hydrogen-bond donors (Lipinski definition) is 0. The van der Waals surface area contributed by atoms with Crippen LogP contribution in [0.5, 0.6) is 0 Å². The summed E-state index contributed by atoms with van der Waals surface area (Å²) in [7, 11) is 0. The summed E-state index contributed by atoms with van der Waals surface area (Å²) in [5.41, 5.74) is 3.78. The first-order valence-corrected chi connectivity index (χ1v) is 33.1. The van der Waals surface area contributed by atoms with Crippen LogP contribution in [0.2, 0.25) is 0 Å². The number of amides is 4. The Bertz CT molecular complexity index is 4190. The fourth-order valence-corrected chi connectivity index (χ4v) is 18.4. The molecule has 0 bridgehead atoms. The maximum atomic E-state index is 15.1. The molecule has 0 spiro atoms. The fraction of sp³-hybridized carbons (Fsp3) is 0.284. The molecule has 404 valence electrons. The van der Waals surface area contributed by atoms with Crippen molar-refractivity contribution in [2.24, 2.45) is 0 Å². The number of nitrogens with zero attached hydrogens (tertiary/aromatic N) is 2. The summed E-state index contributed by atoms with van der Waals surface area (Å²) < 4.78 is 5.98. The summed E-state index contributed by atoms with van der Waals surface area (Å²) >= 11 is 10.8.